The first-order valence-electron chi connectivity index (χ1n) is 12.1. The number of piperidine rings is 1. The topological polar surface area (TPSA) is 45.3 Å². The van der Waals surface area contributed by atoms with Gasteiger partial charge in [0.25, 0.3) is 5.91 Å². The van der Waals surface area contributed by atoms with Crippen molar-refractivity contribution in [1.82, 2.24) is 9.80 Å². The molecule has 1 amide bonds. The lowest BCUT2D eigenvalue weighted by Gasteiger charge is -2.49. The maximum absolute atomic E-state index is 11.9. The number of halogens is 1. The highest BCUT2D eigenvalue weighted by Gasteiger charge is 2.36. The van der Waals surface area contributed by atoms with Crippen LogP contribution in [0.5, 0.6) is 11.5 Å². The number of ether oxygens (including phenoxy) is 2. The molecule has 0 aliphatic carbocycles. The first-order valence-corrected chi connectivity index (χ1v) is 12.4. The van der Waals surface area contributed by atoms with Gasteiger partial charge in [-0.15, -0.1) is 0 Å². The fraction of sp³-hybridized carbons (Fsp3) is 0.519. The van der Waals surface area contributed by atoms with Crippen LogP contribution >= 0.6 is 11.6 Å². The van der Waals surface area contributed by atoms with Crippen LogP contribution in [0.25, 0.3) is 0 Å². The van der Waals surface area contributed by atoms with Gasteiger partial charge in [0.1, 0.15) is 11.5 Å². The molecule has 2 fully saturated rings. The van der Waals surface area contributed by atoms with Gasteiger partial charge in [0.2, 0.25) is 0 Å². The second-order valence-electron chi connectivity index (χ2n) is 9.58. The molecular weight excluding hydrogens is 450 g/mol. The predicted molar refractivity (Wildman–Crippen MR) is 137 cm³/mol. The van der Waals surface area contributed by atoms with Crippen molar-refractivity contribution < 1.29 is 14.3 Å². The molecule has 7 heteroatoms. The third-order valence-electron chi connectivity index (χ3n) is 7.43. The van der Waals surface area contributed by atoms with Gasteiger partial charge in [-0.3, -0.25) is 9.69 Å². The Kier molecular flexibility index (Phi) is 7.58. The number of hydrogen-bond donors (Lipinski definition) is 0. The standard InChI is InChI=1S/C27H36ClN3O3/c1-18-19(2)25(34-17-27(32)29(3)4)12-10-22(18)24-8-6-7-21-16-30(13-14-31(21)24)20-9-11-23(28)26(15-20)33-5/h9-12,15,21,24H,6-8,13-14,16-17H2,1-5H3/t21-,24+/m0/s1. The van der Waals surface area contributed by atoms with Crippen LogP contribution in [-0.2, 0) is 4.79 Å². The van der Waals surface area contributed by atoms with Crippen LogP contribution in [0.1, 0.15) is 42.0 Å². The van der Waals surface area contributed by atoms with Gasteiger partial charge in [-0.1, -0.05) is 17.7 Å². The summed E-state index contributed by atoms with van der Waals surface area (Å²) in [5, 5.41) is 0.645. The number of carbonyl (C=O) groups excluding carboxylic acids is 1. The molecule has 0 saturated carbocycles. The molecule has 2 aliphatic heterocycles. The van der Waals surface area contributed by atoms with Crippen LogP contribution in [0.2, 0.25) is 5.02 Å². The van der Waals surface area contributed by atoms with E-state index in [1.165, 1.54) is 36.1 Å². The number of nitrogens with zero attached hydrogens (tertiary/aromatic N) is 3. The Balaban J connectivity index is 1.49. The van der Waals surface area contributed by atoms with E-state index in [1.54, 1.807) is 26.1 Å². The fourth-order valence-corrected chi connectivity index (χ4v) is 5.46. The first kappa shape index (κ1) is 24.7. The number of amides is 1. The van der Waals surface area contributed by atoms with Crippen molar-refractivity contribution in [3.05, 3.63) is 52.0 Å². The number of hydrogen-bond acceptors (Lipinski definition) is 5. The molecule has 2 aromatic carbocycles. The molecule has 184 valence electrons. The highest BCUT2D eigenvalue weighted by Crippen LogP contribution is 2.40. The smallest absolute Gasteiger partial charge is 0.259 e. The van der Waals surface area contributed by atoms with Crippen LogP contribution in [0, 0.1) is 13.8 Å². The van der Waals surface area contributed by atoms with E-state index < -0.39 is 0 Å². The van der Waals surface area contributed by atoms with E-state index >= 15 is 0 Å². The molecule has 34 heavy (non-hydrogen) atoms. The fourth-order valence-electron chi connectivity index (χ4n) is 5.27. The van der Waals surface area contributed by atoms with Gasteiger partial charge in [-0.2, -0.15) is 0 Å². The molecule has 2 atom stereocenters. The zero-order chi connectivity index (χ0) is 24.4. The van der Waals surface area contributed by atoms with Gasteiger partial charge < -0.3 is 19.3 Å². The summed E-state index contributed by atoms with van der Waals surface area (Å²) in [6.45, 7) is 7.35. The average molecular weight is 486 g/mol. The Morgan fingerprint density at radius 3 is 2.62 bits per heavy atom. The molecule has 0 unspecified atom stereocenters. The molecule has 2 saturated heterocycles. The van der Waals surface area contributed by atoms with Gasteiger partial charge in [-0.05, 0) is 68.0 Å². The molecule has 2 heterocycles. The number of anilines is 1. The van der Waals surface area contributed by atoms with Crippen LogP contribution in [0.15, 0.2) is 30.3 Å². The molecule has 2 aromatic rings. The largest absolute Gasteiger partial charge is 0.495 e. The maximum atomic E-state index is 11.9. The normalized spacial score (nSPS) is 20.6. The zero-order valence-corrected chi connectivity index (χ0v) is 21.7. The van der Waals surface area contributed by atoms with Gasteiger partial charge in [0.05, 0.1) is 12.1 Å². The summed E-state index contributed by atoms with van der Waals surface area (Å²) >= 11 is 6.24. The number of methoxy groups -OCH3 is 1. The lowest BCUT2D eigenvalue weighted by Crippen LogP contribution is -2.56. The Morgan fingerprint density at radius 1 is 1.09 bits per heavy atom. The van der Waals surface area contributed by atoms with Crippen molar-refractivity contribution in [2.75, 3.05) is 52.3 Å². The molecule has 0 bridgehead atoms. The van der Waals surface area contributed by atoms with E-state index in [4.69, 9.17) is 21.1 Å². The van der Waals surface area contributed by atoms with Crippen LogP contribution in [0.3, 0.4) is 0 Å². The lowest BCUT2D eigenvalue weighted by molar-refractivity contribution is -0.130. The summed E-state index contributed by atoms with van der Waals surface area (Å²) in [5.41, 5.74) is 4.95. The maximum Gasteiger partial charge on any atom is 0.259 e. The van der Waals surface area contributed by atoms with Crippen molar-refractivity contribution >= 4 is 23.2 Å². The van der Waals surface area contributed by atoms with E-state index in [1.807, 2.05) is 18.2 Å². The van der Waals surface area contributed by atoms with Crippen molar-refractivity contribution in [3.63, 3.8) is 0 Å². The number of benzene rings is 2. The lowest BCUT2D eigenvalue weighted by atomic mass is 9.86. The first-order chi connectivity index (χ1) is 16.3. The minimum atomic E-state index is -0.0348. The number of fused-ring (bicyclic) bond motifs is 1. The third-order valence-corrected chi connectivity index (χ3v) is 7.74. The number of carbonyl (C=O) groups is 1. The monoisotopic (exact) mass is 485 g/mol. The van der Waals surface area contributed by atoms with Crippen LogP contribution in [0.4, 0.5) is 5.69 Å². The SMILES string of the molecule is COc1cc(N2CCN3[C@@H](CCC[C@@H]3c3ccc(OCC(=O)N(C)C)c(C)c3C)C2)ccc1Cl. The second kappa shape index (κ2) is 10.4. The molecule has 0 radical (unpaired) electrons. The van der Waals surface area contributed by atoms with E-state index in [9.17, 15) is 4.79 Å². The molecule has 4 rings (SSSR count). The zero-order valence-electron chi connectivity index (χ0n) is 20.9. The highest BCUT2D eigenvalue weighted by atomic mass is 35.5. The summed E-state index contributed by atoms with van der Waals surface area (Å²) in [6.07, 6.45) is 3.60. The summed E-state index contributed by atoms with van der Waals surface area (Å²) in [5.74, 6) is 1.49. The van der Waals surface area contributed by atoms with E-state index in [0.29, 0.717) is 17.1 Å². The van der Waals surface area contributed by atoms with Crippen molar-refractivity contribution in [3.8, 4) is 11.5 Å². The van der Waals surface area contributed by atoms with Crippen molar-refractivity contribution in [2.45, 2.75) is 45.2 Å². The van der Waals surface area contributed by atoms with Gasteiger partial charge in [0.15, 0.2) is 6.61 Å². The average Bonchev–Trinajstić information content (AvgIpc) is 2.84. The van der Waals surface area contributed by atoms with E-state index in [-0.39, 0.29) is 12.5 Å². The van der Waals surface area contributed by atoms with Gasteiger partial charge in [0, 0.05) is 57.6 Å². The summed E-state index contributed by atoms with van der Waals surface area (Å²) < 4.78 is 11.3. The minimum Gasteiger partial charge on any atom is -0.495 e. The molecule has 0 N–H and O–H groups in total. The second-order valence-corrected chi connectivity index (χ2v) is 9.99. The Labute approximate surface area is 208 Å². The summed E-state index contributed by atoms with van der Waals surface area (Å²) in [7, 11) is 5.15. The Morgan fingerprint density at radius 2 is 1.88 bits per heavy atom. The molecule has 0 aromatic heterocycles. The highest BCUT2D eigenvalue weighted by molar-refractivity contribution is 6.32. The third kappa shape index (κ3) is 4.98. The number of rotatable bonds is 6. The molecule has 0 spiro atoms. The van der Waals surface area contributed by atoms with Crippen LogP contribution < -0.4 is 14.4 Å². The Hall–Kier alpha value is -2.44. The Bertz CT molecular complexity index is 1040. The van der Waals surface area contributed by atoms with Gasteiger partial charge >= 0.3 is 0 Å². The molecule has 2 aliphatic rings. The van der Waals surface area contributed by atoms with E-state index in [2.05, 4.69) is 35.8 Å². The predicted octanol–water partition coefficient (Wildman–Crippen LogP) is 4.85. The van der Waals surface area contributed by atoms with Crippen molar-refractivity contribution in [1.29, 1.82) is 0 Å². The number of piperazine rings is 1. The number of likely N-dealkylation sites (N-methyl/N-ethyl adjacent to an activating group) is 1. The summed E-state index contributed by atoms with van der Waals surface area (Å²) in [6, 6.07) is 11.2. The quantitative estimate of drug-likeness (QED) is 0.585. The van der Waals surface area contributed by atoms with Gasteiger partial charge in [-0.25, -0.2) is 0 Å². The molecular formula is C27H36ClN3O3. The minimum absolute atomic E-state index is 0.0348. The molecule has 6 nitrogen and oxygen atoms in total. The summed E-state index contributed by atoms with van der Waals surface area (Å²) in [4.78, 5) is 18.7. The van der Waals surface area contributed by atoms with Crippen LogP contribution in [-0.4, -0.2) is 69.2 Å². The van der Waals surface area contributed by atoms with E-state index in [0.717, 1.165) is 36.7 Å². The van der Waals surface area contributed by atoms with Crippen molar-refractivity contribution in [2.24, 2.45) is 0 Å².